The molecule has 0 aliphatic rings. The minimum absolute atomic E-state index is 0.0816. The lowest BCUT2D eigenvalue weighted by atomic mass is 10.4. The standard InChI is InChI=1S/C9H16N2O4S/c1-3-15-9(12)8(4-5-10)11-6-7-16(2,13)14/h4-5,10-11H,3,6-7H2,1-2H3/b8-4-,10-5?. The Labute approximate surface area is 95.1 Å². The van der Waals surface area contributed by atoms with E-state index in [0.717, 1.165) is 12.5 Å². The van der Waals surface area contributed by atoms with E-state index in [4.69, 9.17) is 10.1 Å². The first kappa shape index (κ1) is 14.6. The lowest BCUT2D eigenvalue weighted by molar-refractivity contribution is -0.138. The fraction of sp³-hybridized carbons (Fsp3) is 0.556. The fourth-order valence-corrected chi connectivity index (χ4v) is 1.34. The van der Waals surface area contributed by atoms with E-state index in [1.54, 1.807) is 6.92 Å². The molecule has 92 valence electrons. The second-order valence-electron chi connectivity index (χ2n) is 3.02. The summed E-state index contributed by atoms with van der Waals surface area (Å²) in [6.45, 7) is 2.00. The first-order valence-corrected chi connectivity index (χ1v) is 6.76. The summed E-state index contributed by atoms with van der Waals surface area (Å²) in [5, 5.41) is 9.47. The Morgan fingerprint density at radius 2 is 2.12 bits per heavy atom. The lowest BCUT2D eigenvalue weighted by Gasteiger charge is -2.08. The zero-order valence-corrected chi connectivity index (χ0v) is 10.1. The number of carbonyl (C=O) groups is 1. The quantitative estimate of drug-likeness (QED) is 0.367. The van der Waals surface area contributed by atoms with Crippen LogP contribution in [-0.2, 0) is 19.4 Å². The maximum absolute atomic E-state index is 11.3. The summed E-state index contributed by atoms with van der Waals surface area (Å²) in [6, 6.07) is 0. The largest absolute Gasteiger partial charge is 0.461 e. The Morgan fingerprint density at radius 1 is 1.50 bits per heavy atom. The van der Waals surface area contributed by atoms with Crippen LogP contribution in [0, 0.1) is 5.41 Å². The number of esters is 1. The molecule has 0 fully saturated rings. The van der Waals surface area contributed by atoms with Crippen LogP contribution in [0.25, 0.3) is 0 Å². The zero-order valence-electron chi connectivity index (χ0n) is 9.32. The van der Waals surface area contributed by atoms with Crippen molar-refractivity contribution in [3.8, 4) is 0 Å². The predicted octanol–water partition coefficient (Wildman–Crippen LogP) is -0.283. The second-order valence-corrected chi connectivity index (χ2v) is 5.28. The molecule has 0 saturated carbocycles. The van der Waals surface area contributed by atoms with Crippen LogP contribution in [0.5, 0.6) is 0 Å². The van der Waals surface area contributed by atoms with Gasteiger partial charge in [-0.3, -0.25) is 0 Å². The summed E-state index contributed by atoms with van der Waals surface area (Å²) >= 11 is 0. The van der Waals surface area contributed by atoms with Crippen LogP contribution in [0.1, 0.15) is 6.92 Å². The molecular formula is C9H16N2O4S. The van der Waals surface area contributed by atoms with E-state index in [1.165, 1.54) is 6.08 Å². The van der Waals surface area contributed by atoms with Gasteiger partial charge in [-0.1, -0.05) is 0 Å². The summed E-state index contributed by atoms with van der Waals surface area (Å²) in [5.41, 5.74) is 0.0838. The molecule has 6 nitrogen and oxygen atoms in total. The van der Waals surface area contributed by atoms with Gasteiger partial charge in [0, 0.05) is 19.0 Å². The number of sulfone groups is 1. The van der Waals surface area contributed by atoms with Gasteiger partial charge in [-0.25, -0.2) is 13.2 Å². The Kier molecular flexibility index (Phi) is 6.40. The molecule has 0 atom stereocenters. The molecule has 0 rings (SSSR count). The summed E-state index contributed by atoms with van der Waals surface area (Å²) in [4.78, 5) is 11.3. The van der Waals surface area contributed by atoms with E-state index < -0.39 is 15.8 Å². The van der Waals surface area contributed by atoms with Crippen molar-refractivity contribution in [2.24, 2.45) is 0 Å². The van der Waals surface area contributed by atoms with Crippen molar-refractivity contribution in [1.82, 2.24) is 5.32 Å². The van der Waals surface area contributed by atoms with E-state index in [-0.39, 0.29) is 24.6 Å². The molecule has 0 saturated heterocycles. The summed E-state index contributed by atoms with van der Waals surface area (Å²) in [6.07, 6.45) is 3.26. The molecule has 0 aromatic carbocycles. The maximum atomic E-state index is 11.3. The Bertz CT molecular complexity index is 373. The van der Waals surface area contributed by atoms with E-state index >= 15 is 0 Å². The van der Waals surface area contributed by atoms with Crippen molar-refractivity contribution in [3.05, 3.63) is 11.8 Å². The highest BCUT2D eigenvalue weighted by Gasteiger charge is 2.10. The molecule has 0 aliphatic carbocycles. The van der Waals surface area contributed by atoms with Gasteiger partial charge >= 0.3 is 5.97 Å². The van der Waals surface area contributed by atoms with Gasteiger partial charge in [-0.15, -0.1) is 0 Å². The average molecular weight is 248 g/mol. The van der Waals surface area contributed by atoms with Crippen molar-refractivity contribution in [3.63, 3.8) is 0 Å². The lowest BCUT2D eigenvalue weighted by Crippen LogP contribution is -2.27. The molecule has 0 aliphatic heterocycles. The van der Waals surface area contributed by atoms with Gasteiger partial charge in [0.15, 0.2) is 0 Å². The smallest absolute Gasteiger partial charge is 0.354 e. The SMILES string of the molecule is CCOC(=O)/C(=C/C=N)NCCS(C)(=O)=O. The van der Waals surface area contributed by atoms with Gasteiger partial charge in [0.1, 0.15) is 15.5 Å². The van der Waals surface area contributed by atoms with Crippen molar-refractivity contribution >= 4 is 22.0 Å². The van der Waals surface area contributed by atoms with Gasteiger partial charge in [-0.05, 0) is 13.0 Å². The highest BCUT2D eigenvalue weighted by atomic mass is 32.2. The van der Waals surface area contributed by atoms with Crippen molar-refractivity contribution in [2.45, 2.75) is 6.92 Å². The Morgan fingerprint density at radius 3 is 2.56 bits per heavy atom. The molecule has 0 radical (unpaired) electrons. The average Bonchev–Trinajstić information content (AvgIpc) is 2.15. The summed E-state index contributed by atoms with van der Waals surface area (Å²) in [5.74, 6) is -0.679. The summed E-state index contributed by atoms with van der Waals surface area (Å²) < 4.78 is 26.4. The highest BCUT2D eigenvalue weighted by Crippen LogP contribution is 1.93. The van der Waals surface area contributed by atoms with Crippen LogP contribution in [0.2, 0.25) is 0 Å². The maximum Gasteiger partial charge on any atom is 0.354 e. The normalized spacial score (nSPS) is 12.0. The molecule has 7 heteroatoms. The van der Waals surface area contributed by atoms with Crippen LogP contribution in [0.15, 0.2) is 11.8 Å². The highest BCUT2D eigenvalue weighted by molar-refractivity contribution is 7.90. The molecule has 0 bridgehead atoms. The van der Waals surface area contributed by atoms with Crippen LogP contribution in [0.3, 0.4) is 0 Å². The molecule has 0 spiro atoms. The van der Waals surface area contributed by atoms with E-state index in [9.17, 15) is 13.2 Å². The van der Waals surface area contributed by atoms with Crippen LogP contribution in [-0.4, -0.2) is 45.8 Å². The number of ether oxygens (including phenoxy) is 1. The first-order chi connectivity index (χ1) is 7.40. The number of hydrogen-bond donors (Lipinski definition) is 2. The van der Waals surface area contributed by atoms with Crippen molar-refractivity contribution < 1.29 is 17.9 Å². The minimum atomic E-state index is -3.07. The second kappa shape index (κ2) is 7.00. The first-order valence-electron chi connectivity index (χ1n) is 4.70. The van der Waals surface area contributed by atoms with Gasteiger partial charge < -0.3 is 15.5 Å². The molecule has 0 aromatic heterocycles. The molecule has 0 aromatic rings. The molecule has 0 unspecified atom stereocenters. The third-order valence-corrected chi connectivity index (χ3v) is 2.48. The number of nitrogens with one attached hydrogen (secondary N) is 2. The van der Waals surface area contributed by atoms with Gasteiger partial charge in [0.2, 0.25) is 0 Å². The summed E-state index contributed by atoms with van der Waals surface area (Å²) in [7, 11) is -3.07. The Balaban J connectivity index is 4.31. The van der Waals surface area contributed by atoms with Crippen LogP contribution in [0.4, 0.5) is 0 Å². The van der Waals surface area contributed by atoms with Crippen LogP contribution < -0.4 is 5.32 Å². The van der Waals surface area contributed by atoms with E-state index in [2.05, 4.69) is 5.32 Å². The Hall–Kier alpha value is -1.37. The van der Waals surface area contributed by atoms with Crippen molar-refractivity contribution in [1.29, 1.82) is 5.41 Å². The predicted molar refractivity (Wildman–Crippen MR) is 61.2 cm³/mol. The van der Waals surface area contributed by atoms with E-state index in [1.807, 2.05) is 0 Å². The zero-order chi connectivity index (χ0) is 12.6. The number of carbonyl (C=O) groups excluding carboxylic acids is 1. The third-order valence-electron chi connectivity index (χ3n) is 1.53. The molecule has 0 heterocycles. The number of hydrogen-bond acceptors (Lipinski definition) is 6. The number of rotatable bonds is 7. The number of allylic oxidation sites excluding steroid dienone is 1. The van der Waals surface area contributed by atoms with E-state index in [0.29, 0.717) is 0 Å². The van der Waals surface area contributed by atoms with Crippen LogP contribution >= 0.6 is 0 Å². The van der Waals surface area contributed by atoms with Gasteiger partial charge in [0.05, 0.1) is 12.4 Å². The molecule has 2 N–H and O–H groups in total. The fourth-order valence-electron chi connectivity index (χ4n) is 0.862. The molecule has 0 amide bonds. The monoisotopic (exact) mass is 248 g/mol. The topological polar surface area (TPSA) is 96.3 Å². The molecule has 16 heavy (non-hydrogen) atoms. The van der Waals surface area contributed by atoms with Gasteiger partial charge in [0.25, 0.3) is 0 Å². The molecular weight excluding hydrogens is 232 g/mol. The third kappa shape index (κ3) is 6.99. The van der Waals surface area contributed by atoms with Crippen molar-refractivity contribution in [2.75, 3.05) is 25.2 Å². The van der Waals surface area contributed by atoms with Gasteiger partial charge in [-0.2, -0.15) is 0 Å². The minimum Gasteiger partial charge on any atom is -0.461 e.